The summed E-state index contributed by atoms with van der Waals surface area (Å²) in [4.78, 5) is 24.3. The van der Waals surface area contributed by atoms with Gasteiger partial charge in [-0.25, -0.2) is 0 Å². The van der Waals surface area contributed by atoms with Gasteiger partial charge in [-0.2, -0.15) is 10.0 Å². The molecule has 1 aromatic carbocycles. The van der Waals surface area contributed by atoms with Crippen LogP contribution in [0.25, 0.3) is 0 Å². The van der Waals surface area contributed by atoms with E-state index in [1.807, 2.05) is 13.8 Å². The van der Waals surface area contributed by atoms with Crippen molar-refractivity contribution in [2.75, 3.05) is 0 Å². The van der Waals surface area contributed by atoms with E-state index in [1.54, 1.807) is 29.3 Å². The van der Waals surface area contributed by atoms with Crippen molar-refractivity contribution >= 4 is 27.7 Å². The van der Waals surface area contributed by atoms with E-state index in [0.29, 0.717) is 11.1 Å². The van der Waals surface area contributed by atoms with Crippen LogP contribution in [0.5, 0.6) is 0 Å². The van der Waals surface area contributed by atoms with Crippen molar-refractivity contribution in [3.63, 3.8) is 0 Å². The molecular weight excluding hydrogens is 284 g/mol. The van der Waals surface area contributed by atoms with Gasteiger partial charge < -0.3 is 0 Å². The average molecular weight is 295 g/mol. The van der Waals surface area contributed by atoms with E-state index in [-0.39, 0.29) is 22.3 Å². The van der Waals surface area contributed by atoms with Gasteiger partial charge in [0.1, 0.15) is 4.45 Å². The van der Waals surface area contributed by atoms with Crippen LogP contribution < -0.4 is 0 Å². The highest BCUT2D eigenvalue weighted by molar-refractivity contribution is 9.10. The number of carbonyl (C=O) groups is 2. The van der Waals surface area contributed by atoms with Crippen molar-refractivity contribution in [1.82, 2.24) is 10.0 Å². The number of hydrogen-bond donors (Lipinski definition) is 0. The van der Waals surface area contributed by atoms with Gasteiger partial charge in [0.15, 0.2) is 0 Å². The lowest BCUT2D eigenvalue weighted by molar-refractivity contribution is 0.0342. The van der Waals surface area contributed by atoms with Crippen LogP contribution in [0, 0.1) is 0 Å². The van der Waals surface area contributed by atoms with Gasteiger partial charge in [0.2, 0.25) is 0 Å². The van der Waals surface area contributed by atoms with Crippen LogP contribution >= 0.6 is 15.9 Å². The first-order valence-electron chi connectivity index (χ1n) is 5.42. The molecule has 0 radical (unpaired) electrons. The first kappa shape index (κ1) is 10.9. The summed E-state index contributed by atoms with van der Waals surface area (Å²) in [5, 5.41) is 3.00. The molecule has 0 N–H and O–H groups in total. The van der Waals surface area contributed by atoms with Crippen molar-refractivity contribution in [3.8, 4) is 0 Å². The quantitative estimate of drug-likeness (QED) is 0.344. The van der Waals surface area contributed by atoms with Gasteiger partial charge in [-0.1, -0.05) is 28.1 Å². The van der Waals surface area contributed by atoms with Crippen molar-refractivity contribution in [3.05, 3.63) is 35.4 Å². The molecular formula is C12H11BrN2O2. The smallest absolute Gasteiger partial charge is 0.267 e. The Bertz CT molecular complexity index is 506. The molecule has 2 amide bonds. The van der Waals surface area contributed by atoms with E-state index < -0.39 is 0 Å². The van der Waals surface area contributed by atoms with Crippen LogP contribution in [0.1, 0.15) is 34.6 Å². The summed E-state index contributed by atoms with van der Waals surface area (Å²) in [6.45, 7) is 3.92. The van der Waals surface area contributed by atoms with Gasteiger partial charge >= 0.3 is 0 Å². The molecule has 0 aliphatic carbocycles. The fraction of sp³-hybridized carbons (Fsp3) is 0.333. The number of nitrogens with zero attached hydrogens (tertiary/aromatic N) is 2. The minimum Gasteiger partial charge on any atom is -0.267 e. The molecule has 2 aliphatic rings. The molecule has 5 heteroatoms. The Labute approximate surface area is 107 Å². The normalized spacial score (nSPS) is 35.1. The monoisotopic (exact) mass is 294 g/mol. The Hall–Kier alpha value is -1.20. The summed E-state index contributed by atoms with van der Waals surface area (Å²) in [7, 11) is 0. The van der Waals surface area contributed by atoms with Crippen LogP contribution in [0.3, 0.4) is 0 Å². The number of hydrazine groups is 1. The second-order valence-electron chi connectivity index (χ2n) is 4.51. The number of benzene rings is 1. The number of carbonyl (C=O) groups excluding carboxylic acids is 2. The molecule has 0 bridgehead atoms. The predicted octanol–water partition coefficient (Wildman–Crippen LogP) is 2.01. The fourth-order valence-corrected chi connectivity index (χ4v) is 2.80. The summed E-state index contributed by atoms with van der Waals surface area (Å²) in [5.41, 5.74) is 0.972. The minimum atomic E-state index is -0.305. The summed E-state index contributed by atoms with van der Waals surface area (Å²) in [6.07, 6.45) is 0. The topological polar surface area (TPSA) is 40.4 Å². The standard InChI is InChI=1S/C12H11BrN2O2/c1-7-12(2,13)15(7)14-10(16)8-5-3-4-6-9(8)11(14)17/h3-7H,1-2H3/t7-,12+,15?/m1/s1. The molecule has 1 unspecified atom stereocenters. The molecule has 4 nitrogen and oxygen atoms in total. The lowest BCUT2D eigenvalue weighted by Crippen LogP contribution is -2.37. The summed E-state index contributed by atoms with van der Waals surface area (Å²) in [6, 6.07) is 7.05. The summed E-state index contributed by atoms with van der Waals surface area (Å²) >= 11 is 3.51. The number of hydrogen-bond acceptors (Lipinski definition) is 3. The second kappa shape index (κ2) is 3.17. The van der Waals surface area contributed by atoms with Crippen LogP contribution in [0.15, 0.2) is 24.3 Å². The van der Waals surface area contributed by atoms with Gasteiger partial charge in [-0.05, 0) is 26.0 Å². The van der Waals surface area contributed by atoms with Crippen molar-refractivity contribution in [2.45, 2.75) is 24.3 Å². The maximum Gasteiger partial charge on any atom is 0.276 e. The van der Waals surface area contributed by atoms with Gasteiger partial charge in [0, 0.05) is 0 Å². The Kier molecular flexibility index (Phi) is 2.04. The average Bonchev–Trinajstić information content (AvgIpc) is 2.67. The largest absolute Gasteiger partial charge is 0.276 e. The molecule has 2 heterocycles. The maximum absolute atomic E-state index is 12.2. The number of amides is 2. The highest BCUT2D eigenvalue weighted by Gasteiger charge is 2.62. The van der Waals surface area contributed by atoms with E-state index in [2.05, 4.69) is 15.9 Å². The zero-order valence-corrected chi connectivity index (χ0v) is 11.1. The summed E-state index contributed by atoms with van der Waals surface area (Å²) < 4.78 is -0.305. The van der Waals surface area contributed by atoms with Gasteiger partial charge in [-0.3, -0.25) is 9.59 Å². The van der Waals surface area contributed by atoms with Crippen LogP contribution in [0.2, 0.25) is 0 Å². The molecule has 3 rings (SSSR count). The van der Waals surface area contributed by atoms with E-state index in [9.17, 15) is 9.59 Å². The van der Waals surface area contributed by atoms with Gasteiger partial charge in [0.05, 0.1) is 17.2 Å². The van der Waals surface area contributed by atoms with Gasteiger partial charge in [0.25, 0.3) is 11.8 Å². The highest BCUT2D eigenvalue weighted by Crippen LogP contribution is 2.49. The molecule has 0 spiro atoms. The lowest BCUT2D eigenvalue weighted by Gasteiger charge is -2.16. The van der Waals surface area contributed by atoms with E-state index in [0.717, 1.165) is 0 Å². The van der Waals surface area contributed by atoms with Crippen molar-refractivity contribution < 1.29 is 9.59 Å². The third-order valence-electron chi connectivity index (χ3n) is 3.50. The molecule has 88 valence electrons. The fourth-order valence-electron chi connectivity index (χ4n) is 2.25. The van der Waals surface area contributed by atoms with Gasteiger partial charge in [-0.15, -0.1) is 0 Å². The van der Waals surface area contributed by atoms with Crippen LogP contribution in [0.4, 0.5) is 0 Å². The minimum absolute atomic E-state index is 0.129. The van der Waals surface area contributed by atoms with Crippen LogP contribution in [-0.4, -0.2) is 32.3 Å². The Balaban J connectivity index is 2.03. The third-order valence-corrected chi connectivity index (χ3v) is 4.52. The molecule has 3 atom stereocenters. The molecule has 1 fully saturated rings. The molecule has 17 heavy (non-hydrogen) atoms. The number of halogens is 1. The second-order valence-corrected chi connectivity index (χ2v) is 6.12. The number of fused-ring (bicyclic) bond motifs is 1. The highest BCUT2D eigenvalue weighted by atomic mass is 79.9. The zero-order valence-electron chi connectivity index (χ0n) is 9.48. The molecule has 0 aromatic heterocycles. The first-order valence-corrected chi connectivity index (χ1v) is 6.21. The van der Waals surface area contributed by atoms with E-state index >= 15 is 0 Å². The zero-order chi connectivity index (χ0) is 12.4. The summed E-state index contributed by atoms with van der Waals surface area (Å²) in [5.74, 6) is -0.471. The Morgan fingerprint density at radius 3 is 1.94 bits per heavy atom. The Morgan fingerprint density at radius 1 is 1.18 bits per heavy atom. The molecule has 1 saturated heterocycles. The Morgan fingerprint density at radius 2 is 1.59 bits per heavy atom. The third kappa shape index (κ3) is 1.26. The maximum atomic E-state index is 12.2. The van der Waals surface area contributed by atoms with Crippen molar-refractivity contribution in [1.29, 1.82) is 0 Å². The predicted molar refractivity (Wildman–Crippen MR) is 65.6 cm³/mol. The van der Waals surface area contributed by atoms with Crippen LogP contribution in [-0.2, 0) is 0 Å². The number of imide groups is 1. The lowest BCUT2D eigenvalue weighted by atomic mass is 10.1. The van der Waals surface area contributed by atoms with E-state index in [4.69, 9.17) is 0 Å². The number of alkyl halides is 1. The SMILES string of the molecule is C[C@H]1N(N2C(=O)c3ccccc3C2=O)[C@]1(C)Br. The molecule has 2 aliphatic heterocycles. The molecule has 0 saturated carbocycles. The van der Waals surface area contributed by atoms with Crippen molar-refractivity contribution in [2.24, 2.45) is 0 Å². The number of rotatable bonds is 1. The molecule has 1 aromatic rings. The first-order chi connectivity index (χ1) is 7.96. The van der Waals surface area contributed by atoms with E-state index in [1.165, 1.54) is 5.01 Å².